The molecular weight excluding hydrogens is 235 g/mol. The molecule has 4 heteroatoms. The summed E-state index contributed by atoms with van der Waals surface area (Å²) in [6.07, 6.45) is 3.10. The van der Waals surface area contributed by atoms with Crippen molar-refractivity contribution in [3.8, 4) is 0 Å². The zero-order valence-electron chi connectivity index (χ0n) is 6.67. The second kappa shape index (κ2) is 3.38. The molecule has 2 nitrogen and oxygen atoms in total. The fraction of sp³-hybridized carbons (Fsp3) is 0.111. The Morgan fingerprint density at radius 3 is 3.00 bits per heavy atom. The molecule has 0 saturated heterocycles. The lowest BCUT2D eigenvalue weighted by Gasteiger charge is -2.02. The molecule has 0 bridgehead atoms. The molecule has 0 aliphatic rings. The maximum Gasteiger partial charge on any atom is 0.129 e. The van der Waals surface area contributed by atoms with E-state index >= 15 is 0 Å². The van der Waals surface area contributed by atoms with E-state index in [4.69, 9.17) is 0 Å². The number of alkyl halides is 1. The topological polar surface area (TPSA) is 25.8 Å². The highest BCUT2D eigenvalue weighted by atomic mass is 79.9. The molecule has 0 spiro atoms. The van der Waals surface area contributed by atoms with Crippen molar-refractivity contribution in [2.45, 2.75) is 5.33 Å². The maximum absolute atomic E-state index is 13.2. The molecule has 2 rings (SSSR count). The highest BCUT2D eigenvalue weighted by molar-refractivity contribution is 9.08. The van der Waals surface area contributed by atoms with E-state index < -0.39 is 0 Å². The first-order chi connectivity index (χ1) is 6.33. The minimum atomic E-state index is -0.233. The lowest BCUT2D eigenvalue weighted by Crippen LogP contribution is -1.91. The third-order valence-corrected chi connectivity index (χ3v) is 2.42. The van der Waals surface area contributed by atoms with Gasteiger partial charge in [0.05, 0.1) is 5.52 Å². The van der Waals surface area contributed by atoms with Crippen molar-refractivity contribution in [3.63, 3.8) is 0 Å². The van der Waals surface area contributed by atoms with Crippen LogP contribution in [0.5, 0.6) is 0 Å². The van der Waals surface area contributed by atoms with Gasteiger partial charge >= 0.3 is 0 Å². The van der Waals surface area contributed by atoms with Gasteiger partial charge in [0, 0.05) is 22.5 Å². The Kier molecular flexibility index (Phi) is 2.22. The monoisotopic (exact) mass is 240 g/mol. The van der Waals surface area contributed by atoms with Crippen LogP contribution in [0.3, 0.4) is 0 Å². The van der Waals surface area contributed by atoms with E-state index in [-0.39, 0.29) is 5.82 Å². The Labute approximate surface area is 83.0 Å². The summed E-state index contributed by atoms with van der Waals surface area (Å²) >= 11 is 3.23. The van der Waals surface area contributed by atoms with Crippen LogP contribution in [0.1, 0.15) is 5.56 Å². The van der Waals surface area contributed by atoms with Gasteiger partial charge in [-0.1, -0.05) is 15.9 Å². The molecule has 66 valence electrons. The predicted molar refractivity (Wildman–Crippen MR) is 52.1 cm³/mol. The summed E-state index contributed by atoms with van der Waals surface area (Å²) in [5.74, 6) is -0.233. The third kappa shape index (κ3) is 1.42. The fourth-order valence-corrected chi connectivity index (χ4v) is 1.75. The number of halogens is 2. The molecule has 0 amide bonds. The van der Waals surface area contributed by atoms with Crippen LogP contribution in [-0.4, -0.2) is 9.97 Å². The normalized spacial score (nSPS) is 10.6. The standard InChI is InChI=1S/C9H6BrFN2/c10-3-7-8(11)2-1-6-4-12-5-13-9(6)7/h1-2,4-5H,3H2. The molecular formula is C9H6BrFN2. The molecule has 0 fully saturated rings. The zero-order valence-corrected chi connectivity index (χ0v) is 8.25. The number of aromatic nitrogens is 2. The van der Waals surface area contributed by atoms with E-state index in [1.165, 1.54) is 12.4 Å². The summed E-state index contributed by atoms with van der Waals surface area (Å²) in [6.45, 7) is 0. The number of hydrogen-bond donors (Lipinski definition) is 0. The molecule has 0 atom stereocenters. The first kappa shape index (κ1) is 8.56. The summed E-state index contributed by atoms with van der Waals surface area (Å²) in [6, 6.07) is 3.11. The average Bonchev–Trinajstić information content (AvgIpc) is 2.18. The van der Waals surface area contributed by atoms with Crippen LogP contribution in [0.25, 0.3) is 10.9 Å². The Morgan fingerprint density at radius 2 is 2.23 bits per heavy atom. The van der Waals surface area contributed by atoms with Crippen molar-refractivity contribution in [2.24, 2.45) is 0 Å². The lowest BCUT2D eigenvalue weighted by molar-refractivity contribution is 0.619. The first-order valence-corrected chi connectivity index (χ1v) is 4.88. The number of benzene rings is 1. The Bertz CT molecular complexity index is 445. The van der Waals surface area contributed by atoms with Gasteiger partial charge in [-0.15, -0.1) is 0 Å². The van der Waals surface area contributed by atoms with Crippen LogP contribution < -0.4 is 0 Å². The Hall–Kier alpha value is -1.03. The second-order valence-corrected chi connectivity index (χ2v) is 3.18. The van der Waals surface area contributed by atoms with Crippen molar-refractivity contribution in [2.75, 3.05) is 0 Å². The van der Waals surface area contributed by atoms with Crippen molar-refractivity contribution in [1.29, 1.82) is 0 Å². The van der Waals surface area contributed by atoms with Crippen molar-refractivity contribution in [3.05, 3.63) is 36.0 Å². The van der Waals surface area contributed by atoms with Crippen LogP contribution in [0.15, 0.2) is 24.7 Å². The maximum atomic E-state index is 13.2. The molecule has 0 unspecified atom stereocenters. The van der Waals surface area contributed by atoms with Crippen LogP contribution in [0, 0.1) is 5.82 Å². The highest BCUT2D eigenvalue weighted by Gasteiger charge is 2.06. The molecule has 2 aromatic rings. The van der Waals surface area contributed by atoms with Gasteiger partial charge in [-0.2, -0.15) is 0 Å². The highest BCUT2D eigenvalue weighted by Crippen LogP contribution is 2.20. The summed E-state index contributed by atoms with van der Waals surface area (Å²) < 4.78 is 13.2. The quantitative estimate of drug-likeness (QED) is 0.717. The lowest BCUT2D eigenvalue weighted by atomic mass is 10.1. The number of nitrogens with zero attached hydrogens (tertiary/aromatic N) is 2. The Morgan fingerprint density at radius 1 is 1.38 bits per heavy atom. The molecule has 13 heavy (non-hydrogen) atoms. The summed E-state index contributed by atoms with van der Waals surface area (Å²) in [4.78, 5) is 7.90. The molecule has 1 heterocycles. The zero-order chi connectivity index (χ0) is 9.26. The van der Waals surface area contributed by atoms with E-state index in [9.17, 15) is 4.39 Å². The molecule has 0 radical (unpaired) electrons. The van der Waals surface area contributed by atoms with Crippen LogP contribution >= 0.6 is 15.9 Å². The van der Waals surface area contributed by atoms with E-state index in [0.717, 1.165) is 5.39 Å². The van der Waals surface area contributed by atoms with Gasteiger partial charge in [-0.3, -0.25) is 0 Å². The van der Waals surface area contributed by atoms with E-state index in [1.807, 2.05) is 0 Å². The molecule has 0 aliphatic carbocycles. The minimum Gasteiger partial charge on any atom is -0.244 e. The smallest absolute Gasteiger partial charge is 0.129 e. The number of hydrogen-bond acceptors (Lipinski definition) is 2. The number of fused-ring (bicyclic) bond motifs is 1. The summed E-state index contributed by atoms with van der Waals surface area (Å²) in [5, 5.41) is 1.33. The predicted octanol–water partition coefficient (Wildman–Crippen LogP) is 2.66. The van der Waals surface area contributed by atoms with E-state index in [0.29, 0.717) is 16.4 Å². The summed E-state index contributed by atoms with van der Waals surface area (Å²) in [7, 11) is 0. The van der Waals surface area contributed by atoms with Gasteiger partial charge in [0.1, 0.15) is 12.1 Å². The largest absolute Gasteiger partial charge is 0.244 e. The summed E-state index contributed by atoms with van der Waals surface area (Å²) in [5.41, 5.74) is 1.26. The van der Waals surface area contributed by atoms with Crippen molar-refractivity contribution in [1.82, 2.24) is 9.97 Å². The molecule has 0 aliphatic heterocycles. The van der Waals surface area contributed by atoms with Gasteiger partial charge < -0.3 is 0 Å². The second-order valence-electron chi connectivity index (χ2n) is 2.62. The van der Waals surface area contributed by atoms with E-state index in [2.05, 4.69) is 25.9 Å². The molecule has 1 aromatic carbocycles. The van der Waals surface area contributed by atoms with Crippen LogP contribution in [-0.2, 0) is 5.33 Å². The average molecular weight is 241 g/mol. The van der Waals surface area contributed by atoms with Gasteiger partial charge in [-0.05, 0) is 12.1 Å². The van der Waals surface area contributed by atoms with E-state index in [1.54, 1.807) is 12.3 Å². The fourth-order valence-electron chi connectivity index (χ4n) is 1.22. The molecule has 1 aromatic heterocycles. The van der Waals surface area contributed by atoms with Gasteiger partial charge in [-0.25, -0.2) is 14.4 Å². The molecule has 0 N–H and O–H groups in total. The number of rotatable bonds is 1. The van der Waals surface area contributed by atoms with Gasteiger partial charge in [0.2, 0.25) is 0 Å². The van der Waals surface area contributed by atoms with Crippen LogP contribution in [0.2, 0.25) is 0 Å². The van der Waals surface area contributed by atoms with Gasteiger partial charge in [0.15, 0.2) is 0 Å². The van der Waals surface area contributed by atoms with Gasteiger partial charge in [0.25, 0.3) is 0 Å². The first-order valence-electron chi connectivity index (χ1n) is 3.76. The Balaban J connectivity index is 2.84. The van der Waals surface area contributed by atoms with Crippen molar-refractivity contribution >= 4 is 26.8 Å². The minimum absolute atomic E-state index is 0.233. The van der Waals surface area contributed by atoms with Crippen molar-refractivity contribution < 1.29 is 4.39 Å². The van der Waals surface area contributed by atoms with Crippen LogP contribution in [0.4, 0.5) is 4.39 Å². The third-order valence-electron chi connectivity index (χ3n) is 1.86. The molecule has 0 saturated carbocycles. The SMILES string of the molecule is Fc1ccc2cncnc2c1CBr.